The molecule has 0 saturated carbocycles. The molecule has 190 valence electrons. The number of rotatable bonds is 12. The smallest absolute Gasteiger partial charge is 0.266 e. The number of amides is 2. The molecule has 1 N–H and O–H groups in total. The van der Waals surface area contributed by atoms with Crippen LogP contribution in [0.1, 0.15) is 42.4 Å². The van der Waals surface area contributed by atoms with Crippen molar-refractivity contribution in [2.24, 2.45) is 0 Å². The molecule has 3 aromatic rings. The van der Waals surface area contributed by atoms with Crippen LogP contribution < -0.4 is 10.1 Å². The number of unbranched alkanes of at least 4 members (excludes halogenated alkanes) is 2. The van der Waals surface area contributed by atoms with E-state index in [1.54, 1.807) is 4.90 Å². The van der Waals surface area contributed by atoms with Crippen molar-refractivity contribution >= 4 is 46.2 Å². The second kappa shape index (κ2) is 13.8. The van der Waals surface area contributed by atoms with Gasteiger partial charge in [-0.25, -0.2) is 0 Å². The molecule has 7 heteroatoms. The molecule has 1 heterocycles. The van der Waals surface area contributed by atoms with Crippen molar-refractivity contribution in [3.8, 4) is 5.75 Å². The zero-order valence-corrected chi connectivity index (χ0v) is 22.2. The van der Waals surface area contributed by atoms with E-state index in [1.165, 1.54) is 11.8 Å². The standard InChI is InChI=1S/C30H30N2O3S2/c33-28(31-21-23-11-4-1-5-12-23)17-8-3-9-18-32-29(34)27(37-30(32)36)20-25-15-10-16-26(19-25)35-22-24-13-6-2-7-14-24/h1-2,4-7,10-16,19-20H,3,8-9,17-18,21-22H2,(H,31,33)/b27-20-. The van der Waals surface area contributed by atoms with Gasteiger partial charge in [-0.15, -0.1) is 0 Å². The highest BCUT2D eigenvalue weighted by Crippen LogP contribution is 2.33. The zero-order chi connectivity index (χ0) is 25.9. The van der Waals surface area contributed by atoms with E-state index in [0.29, 0.717) is 35.3 Å². The van der Waals surface area contributed by atoms with Crippen LogP contribution in [0.25, 0.3) is 6.08 Å². The lowest BCUT2D eigenvalue weighted by Gasteiger charge is -2.14. The largest absolute Gasteiger partial charge is 0.489 e. The van der Waals surface area contributed by atoms with Crippen molar-refractivity contribution < 1.29 is 14.3 Å². The van der Waals surface area contributed by atoms with Gasteiger partial charge >= 0.3 is 0 Å². The summed E-state index contributed by atoms with van der Waals surface area (Å²) in [5, 5.41) is 2.95. The molecule has 37 heavy (non-hydrogen) atoms. The summed E-state index contributed by atoms with van der Waals surface area (Å²) in [6, 6.07) is 27.6. The molecule has 1 aliphatic heterocycles. The number of thiocarbonyl (C=S) groups is 1. The van der Waals surface area contributed by atoms with Crippen LogP contribution in [0.4, 0.5) is 0 Å². The molecule has 0 spiro atoms. The first-order valence-corrected chi connectivity index (χ1v) is 13.6. The molecule has 4 rings (SSSR count). The van der Waals surface area contributed by atoms with Gasteiger partial charge in [0.15, 0.2) is 0 Å². The number of thioether (sulfide) groups is 1. The third-order valence-electron chi connectivity index (χ3n) is 5.90. The minimum Gasteiger partial charge on any atom is -0.489 e. The highest BCUT2D eigenvalue weighted by Gasteiger charge is 2.31. The molecule has 0 atom stereocenters. The maximum Gasteiger partial charge on any atom is 0.266 e. The first-order valence-electron chi connectivity index (χ1n) is 12.4. The molecule has 0 bridgehead atoms. The van der Waals surface area contributed by atoms with Crippen LogP contribution in [0.15, 0.2) is 89.8 Å². The van der Waals surface area contributed by atoms with Gasteiger partial charge in [-0.3, -0.25) is 14.5 Å². The van der Waals surface area contributed by atoms with E-state index in [0.717, 1.165) is 41.7 Å². The number of nitrogens with one attached hydrogen (secondary N) is 1. The first-order chi connectivity index (χ1) is 18.1. The summed E-state index contributed by atoms with van der Waals surface area (Å²) in [6.07, 6.45) is 4.78. The average molecular weight is 531 g/mol. The van der Waals surface area contributed by atoms with E-state index >= 15 is 0 Å². The summed E-state index contributed by atoms with van der Waals surface area (Å²) in [7, 11) is 0. The lowest BCUT2D eigenvalue weighted by Crippen LogP contribution is -2.29. The summed E-state index contributed by atoms with van der Waals surface area (Å²) >= 11 is 6.80. The molecular formula is C30H30N2O3S2. The van der Waals surface area contributed by atoms with Crippen molar-refractivity contribution in [2.75, 3.05) is 6.54 Å². The van der Waals surface area contributed by atoms with E-state index in [4.69, 9.17) is 17.0 Å². The second-order valence-corrected chi connectivity index (χ2v) is 10.4. The Morgan fingerprint density at radius 2 is 1.65 bits per heavy atom. The number of ether oxygens (including phenoxy) is 1. The number of hydrogen-bond acceptors (Lipinski definition) is 5. The number of nitrogens with zero attached hydrogens (tertiary/aromatic N) is 1. The van der Waals surface area contributed by atoms with Gasteiger partial charge in [-0.05, 0) is 47.7 Å². The first kappa shape index (κ1) is 26.6. The summed E-state index contributed by atoms with van der Waals surface area (Å²) in [4.78, 5) is 27.3. The highest BCUT2D eigenvalue weighted by atomic mass is 32.2. The van der Waals surface area contributed by atoms with E-state index in [9.17, 15) is 9.59 Å². The highest BCUT2D eigenvalue weighted by molar-refractivity contribution is 8.26. The van der Waals surface area contributed by atoms with E-state index in [1.807, 2.05) is 91.0 Å². The van der Waals surface area contributed by atoms with Crippen LogP contribution in [0.2, 0.25) is 0 Å². The maximum atomic E-state index is 13.0. The average Bonchev–Trinajstić information content (AvgIpc) is 3.19. The molecule has 1 fully saturated rings. The SMILES string of the molecule is O=C(CCCCCN1C(=O)/C(=C/c2cccc(OCc3ccccc3)c2)SC1=S)NCc1ccccc1. The van der Waals surface area contributed by atoms with Gasteiger partial charge in [0.05, 0.1) is 4.91 Å². The van der Waals surface area contributed by atoms with Gasteiger partial charge in [-0.2, -0.15) is 0 Å². The van der Waals surface area contributed by atoms with Gasteiger partial charge in [0, 0.05) is 19.5 Å². The van der Waals surface area contributed by atoms with E-state index < -0.39 is 0 Å². The van der Waals surface area contributed by atoms with Crippen LogP contribution in [-0.4, -0.2) is 27.6 Å². The molecule has 0 radical (unpaired) electrons. The number of carbonyl (C=O) groups excluding carboxylic acids is 2. The van der Waals surface area contributed by atoms with Crippen LogP contribution >= 0.6 is 24.0 Å². The van der Waals surface area contributed by atoms with Crippen LogP contribution in [0.3, 0.4) is 0 Å². The predicted molar refractivity (Wildman–Crippen MR) is 154 cm³/mol. The van der Waals surface area contributed by atoms with Gasteiger partial charge < -0.3 is 10.1 Å². The van der Waals surface area contributed by atoms with Crippen molar-refractivity contribution in [2.45, 2.75) is 38.8 Å². The van der Waals surface area contributed by atoms with Crippen LogP contribution in [0, 0.1) is 0 Å². The summed E-state index contributed by atoms with van der Waals surface area (Å²) < 4.78 is 6.49. The van der Waals surface area contributed by atoms with Crippen molar-refractivity contribution in [1.82, 2.24) is 10.2 Å². The van der Waals surface area contributed by atoms with Crippen molar-refractivity contribution in [1.29, 1.82) is 0 Å². The Morgan fingerprint density at radius 1 is 0.919 bits per heavy atom. The quantitative estimate of drug-likeness (QED) is 0.168. The van der Waals surface area contributed by atoms with Crippen LogP contribution in [0.5, 0.6) is 5.75 Å². The monoisotopic (exact) mass is 530 g/mol. The van der Waals surface area contributed by atoms with Gasteiger partial charge in [0.25, 0.3) is 5.91 Å². The second-order valence-electron chi connectivity index (χ2n) is 8.75. The summed E-state index contributed by atoms with van der Waals surface area (Å²) in [5.41, 5.74) is 3.08. The Bertz CT molecular complexity index is 1250. The number of benzene rings is 3. The van der Waals surface area contributed by atoms with Crippen molar-refractivity contribution in [3.63, 3.8) is 0 Å². The van der Waals surface area contributed by atoms with E-state index in [-0.39, 0.29) is 11.8 Å². The molecule has 1 saturated heterocycles. The lowest BCUT2D eigenvalue weighted by molar-refractivity contribution is -0.123. The topological polar surface area (TPSA) is 58.6 Å². The normalized spacial score (nSPS) is 14.3. The summed E-state index contributed by atoms with van der Waals surface area (Å²) in [6.45, 7) is 1.60. The zero-order valence-electron chi connectivity index (χ0n) is 20.6. The molecule has 3 aromatic carbocycles. The minimum absolute atomic E-state index is 0.0485. The molecule has 5 nitrogen and oxygen atoms in total. The van der Waals surface area contributed by atoms with Gasteiger partial charge in [-0.1, -0.05) is 103 Å². The fraction of sp³-hybridized carbons (Fsp3) is 0.233. The van der Waals surface area contributed by atoms with E-state index in [2.05, 4.69) is 5.32 Å². The molecule has 0 unspecified atom stereocenters. The lowest BCUT2D eigenvalue weighted by atomic mass is 10.1. The maximum absolute atomic E-state index is 13.0. The predicted octanol–water partition coefficient (Wildman–Crippen LogP) is 6.34. The number of carbonyl (C=O) groups is 2. The van der Waals surface area contributed by atoms with Gasteiger partial charge in [0.2, 0.25) is 5.91 Å². The molecule has 1 aliphatic rings. The molecule has 2 amide bonds. The third kappa shape index (κ3) is 8.30. The van der Waals surface area contributed by atoms with Gasteiger partial charge in [0.1, 0.15) is 16.7 Å². The molecular weight excluding hydrogens is 500 g/mol. The minimum atomic E-state index is -0.0637. The fourth-order valence-electron chi connectivity index (χ4n) is 3.90. The Kier molecular flexibility index (Phi) is 9.91. The molecule has 0 aliphatic carbocycles. The molecule has 0 aromatic heterocycles. The van der Waals surface area contributed by atoms with Crippen molar-refractivity contribution in [3.05, 3.63) is 107 Å². The Balaban J connectivity index is 1.20. The summed E-state index contributed by atoms with van der Waals surface area (Å²) in [5.74, 6) is 0.736. The Morgan fingerprint density at radius 3 is 2.41 bits per heavy atom. The van der Waals surface area contributed by atoms with Crippen LogP contribution in [-0.2, 0) is 22.7 Å². The Labute approximate surface area is 227 Å². The third-order valence-corrected chi connectivity index (χ3v) is 7.27. The number of hydrogen-bond donors (Lipinski definition) is 1. The Hall–Kier alpha value is -3.42. The fourth-order valence-corrected chi connectivity index (χ4v) is 5.20.